The number of nitrogens with zero attached hydrogens (tertiary/aromatic N) is 1. The minimum absolute atomic E-state index is 0.286. The Labute approximate surface area is 124 Å². The first-order valence-electron chi connectivity index (χ1n) is 8.52. The Bertz CT molecular complexity index is 385. The van der Waals surface area contributed by atoms with Gasteiger partial charge in [-0.25, -0.2) is 0 Å². The van der Waals surface area contributed by atoms with Gasteiger partial charge in [-0.15, -0.1) is 0 Å². The van der Waals surface area contributed by atoms with Crippen molar-refractivity contribution in [3.63, 3.8) is 0 Å². The molecule has 0 radical (unpaired) electrons. The fraction of sp³-hybridized carbons (Fsp3) is 0.944. The zero-order valence-electron chi connectivity index (χ0n) is 13.7. The van der Waals surface area contributed by atoms with E-state index in [1.165, 1.54) is 6.42 Å². The van der Waals surface area contributed by atoms with Crippen LogP contribution in [0.1, 0.15) is 72.6 Å². The maximum absolute atomic E-state index is 11.6. The molecular formula is C18H31NO. The highest BCUT2D eigenvalue weighted by molar-refractivity contribution is 5.18. The van der Waals surface area contributed by atoms with E-state index in [1.54, 1.807) is 0 Å². The van der Waals surface area contributed by atoms with E-state index in [9.17, 15) is 10.4 Å². The summed E-state index contributed by atoms with van der Waals surface area (Å²) < 4.78 is 0. The van der Waals surface area contributed by atoms with Gasteiger partial charge in [0.25, 0.3) is 0 Å². The number of rotatable bonds is 3. The third-order valence-corrected chi connectivity index (χ3v) is 6.28. The van der Waals surface area contributed by atoms with Crippen LogP contribution in [-0.4, -0.2) is 10.7 Å². The van der Waals surface area contributed by atoms with Gasteiger partial charge in [-0.1, -0.05) is 40.5 Å². The number of aliphatic hydroxyl groups is 1. The zero-order chi connectivity index (χ0) is 15.0. The van der Waals surface area contributed by atoms with Gasteiger partial charge >= 0.3 is 0 Å². The van der Waals surface area contributed by atoms with E-state index in [0.29, 0.717) is 17.8 Å². The first kappa shape index (κ1) is 15.8. The van der Waals surface area contributed by atoms with Crippen LogP contribution in [0.2, 0.25) is 0 Å². The smallest absolute Gasteiger partial charge is 0.0866 e. The summed E-state index contributed by atoms with van der Waals surface area (Å²) in [4.78, 5) is 0. The second-order valence-corrected chi connectivity index (χ2v) is 7.87. The Morgan fingerprint density at radius 2 is 1.95 bits per heavy atom. The minimum Gasteiger partial charge on any atom is -0.388 e. The number of nitriles is 1. The van der Waals surface area contributed by atoms with E-state index in [-0.39, 0.29) is 5.92 Å². The summed E-state index contributed by atoms with van der Waals surface area (Å²) in [6.45, 7) is 8.87. The summed E-state index contributed by atoms with van der Waals surface area (Å²) >= 11 is 0. The van der Waals surface area contributed by atoms with Crippen LogP contribution in [0.5, 0.6) is 0 Å². The molecule has 2 aliphatic rings. The minimum atomic E-state index is -0.766. The quantitative estimate of drug-likeness (QED) is 0.823. The Morgan fingerprint density at radius 3 is 2.45 bits per heavy atom. The Balaban J connectivity index is 2.36. The van der Waals surface area contributed by atoms with Gasteiger partial charge < -0.3 is 5.11 Å². The van der Waals surface area contributed by atoms with E-state index >= 15 is 0 Å². The molecule has 114 valence electrons. The van der Waals surface area contributed by atoms with Gasteiger partial charge in [0.15, 0.2) is 0 Å². The molecule has 2 fully saturated rings. The summed E-state index contributed by atoms with van der Waals surface area (Å²) in [6.07, 6.45) is 7.16. The molecule has 0 aliphatic heterocycles. The lowest BCUT2D eigenvalue weighted by Crippen LogP contribution is -2.56. The molecule has 5 unspecified atom stereocenters. The molecule has 0 bridgehead atoms. The molecule has 2 heteroatoms. The highest BCUT2D eigenvalue weighted by atomic mass is 16.3. The molecule has 0 amide bonds. The summed E-state index contributed by atoms with van der Waals surface area (Å²) in [5.41, 5.74) is -1.26. The van der Waals surface area contributed by atoms with E-state index in [1.807, 2.05) is 0 Å². The lowest BCUT2D eigenvalue weighted by Gasteiger charge is -2.52. The van der Waals surface area contributed by atoms with Gasteiger partial charge in [0.1, 0.15) is 0 Å². The topological polar surface area (TPSA) is 44.0 Å². The van der Waals surface area contributed by atoms with Gasteiger partial charge in [-0.3, -0.25) is 0 Å². The van der Waals surface area contributed by atoms with Crippen molar-refractivity contribution < 1.29 is 5.11 Å². The molecule has 0 spiro atoms. The molecule has 0 aromatic carbocycles. The van der Waals surface area contributed by atoms with Crippen molar-refractivity contribution in [2.24, 2.45) is 29.1 Å². The van der Waals surface area contributed by atoms with Crippen molar-refractivity contribution in [2.75, 3.05) is 0 Å². The molecule has 0 aromatic heterocycles. The van der Waals surface area contributed by atoms with Crippen molar-refractivity contribution >= 4 is 0 Å². The predicted molar refractivity (Wildman–Crippen MR) is 82.0 cm³/mol. The van der Waals surface area contributed by atoms with Crippen LogP contribution >= 0.6 is 0 Å². The maximum atomic E-state index is 11.6. The van der Waals surface area contributed by atoms with Gasteiger partial charge in [-0.2, -0.15) is 5.26 Å². The van der Waals surface area contributed by atoms with Gasteiger partial charge in [0.05, 0.1) is 17.1 Å². The predicted octanol–water partition coefficient (Wildman–Crippen LogP) is 4.53. The van der Waals surface area contributed by atoms with Crippen LogP contribution in [0.25, 0.3) is 0 Å². The Kier molecular flexibility index (Phi) is 4.50. The molecule has 20 heavy (non-hydrogen) atoms. The first-order valence-corrected chi connectivity index (χ1v) is 8.52. The normalized spacial score (nSPS) is 45.5. The van der Waals surface area contributed by atoms with Crippen molar-refractivity contribution in [1.29, 1.82) is 5.26 Å². The molecule has 1 N–H and O–H groups in total. The highest BCUT2D eigenvalue weighted by Crippen LogP contribution is 2.58. The van der Waals surface area contributed by atoms with E-state index in [2.05, 4.69) is 33.8 Å². The van der Waals surface area contributed by atoms with Crippen molar-refractivity contribution in [3.05, 3.63) is 0 Å². The number of hydrogen-bond donors (Lipinski definition) is 1. The Morgan fingerprint density at radius 1 is 1.25 bits per heavy atom. The molecule has 2 aliphatic carbocycles. The van der Waals surface area contributed by atoms with E-state index in [4.69, 9.17) is 0 Å². The standard InChI is InChI=1S/C18H31NO/c1-5-15-8-9-17(11-15,12-19)18(20)10-14(4)6-7-16(18)13(2)3/h13-16,20H,5-11H2,1-4H3. The van der Waals surface area contributed by atoms with Gasteiger partial charge in [0.2, 0.25) is 0 Å². The molecule has 0 aromatic rings. The van der Waals surface area contributed by atoms with Gasteiger partial charge in [-0.05, 0) is 55.8 Å². The summed E-state index contributed by atoms with van der Waals surface area (Å²) in [6, 6.07) is 2.61. The summed E-state index contributed by atoms with van der Waals surface area (Å²) in [7, 11) is 0. The lowest BCUT2D eigenvalue weighted by molar-refractivity contribution is -0.147. The molecule has 2 rings (SSSR count). The van der Waals surface area contributed by atoms with Crippen LogP contribution < -0.4 is 0 Å². The SMILES string of the molecule is CCC1CCC(C#N)(C2(O)CC(C)CCC2C(C)C)C1. The largest absolute Gasteiger partial charge is 0.388 e. The zero-order valence-corrected chi connectivity index (χ0v) is 13.7. The fourth-order valence-corrected chi connectivity index (χ4v) is 5.01. The third kappa shape index (κ3) is 2.39. The van der Waals surface area contributed by atoms with E-state index < -0.39 is 11.0 Å². The molecule has 5 atom stereocenters. The van der Waals surface area contributed by atoms with Crippen LogP contribution in [0.3, 0.4) is 0 Å². The molecule has 0 heterocycles. The Hall–Kier alpha value is -0.550. The van der Waals surface area contributed by atoms with Crippen molar-refractivity contribution in [2.45, 2.75) is 78.2 Å². The van der Waals surface area contributed by atoms with Crippen molar-refractivity contribution in [1.82, 2.24) is 0 Å². The second-order valence-electron chi connectivity index (χ2n) is 7.87. The fourth-order valence-electron chi connectivity index (χ4n) is 5.01. The van der Waals surface area contributed by atoms with E-state index in [0.717, 1.165) is 38.5 Å². The average molecular weight is 277 g/mol. The van der Waals surface area contributed by atoms with Gasteiger partial charge in [0, 0.05) is 0 Å². The molecule has 0 saturated heterocycles. The van der Waals surface area contributed by atoms with Crippen LogP contribution in [0.4, 0.5) is 0 Å². The third-order valence-electron chi connectivity index (χ3n) is 6.28. The molecular weight excluding hydrogens is 246 g/mol. The highest BCUT2D eigenvalue weighted by Gasteiger charge is 2.59. The van der Waals surface area contributed by atoms with Crippen LogP contribution in [-0.2, 0) is 0 Å². The lowest BCUT2D eigenvalue weighted by atomic mass is 9.55. The van der Waals surface area contributed by atoms with Crippen LogP contribution in [0, 0.1) is 40.4 Å². The monoisotopic (exact) mass is 277 g/mol. The van der Waals surface area contributed by atoms with Crippen molar-refractivity contribution in [3.8, 4) is 6.07 Å². The summed E-state index contributed by atoms with van der Waals surface area (Å²) in [5.74, 6) is 1.91. The summed E-state index contributed by atoms with van der Waals surface area (Å²) in [5, 5.41) is 21.5. The first-order chi connectivity index (χ1) is 9.38. The average Bonchev–Trinajstić information content (AvgIpc) is 2.83. The maximum Gasteiger partial charge on any atom is 0.0866 e. The molecule has 2 nitrogen and oxygen atoms in total. The second kappa shape index (κ2) is 5.68. The number of hydrogen-bond acceptors (Lipinski definition) is 2. The molecule has 2 saturated carbocycles. The van der Waals surface area contributed by atoms with Crippen LogP contribution in [0.15, 0.2) is 0 Å².